The van der Waals surface area contributed by atoms with Crippen molar-refractivity contribution in [2.75, 3.05) is 18.9 Å². The lowest BCUT2D eigenvalue weighted by atomic mass is 10.2. The van der Waals surface area contributed by atoms with E-state index in [9.17, 15) is 9.59 Å². The number of carbonyl (C=O) groups is 2. The predicted octanol–water partition coefficient (Wildman–Crippen LogP) is 5.04. The Hall–Kier alpha value is -3.00. The quantitative estimate of drug-likeness (QED) is 0.449. The van der Waals surface area contributed by atoms with E-state index in [2.05, 4.69) is 16.0 Å². The first kappa shape index (κ1) is 19.8. The van der Waals surface area contributed by atoms with Crippen molar-refractivity contribution in [2.45, 2.75) is 13.8 Å². The second-order valence-corrected chi connectivity index (χ2v) is 7.69. The van der Waals surface area contributed by atoms with Gasteiger partial charge in [-0.3, -0.25) is 0 Å². The molecule has 0 unspecified atom stereocenters. The number of para-hydroxylation sites is 1. The van der Waals surface area contributed by atoms with Gasteiger partial charge in [0.2, 0.25) is 0 Å². The molecular formula is C19H17N3O4S2. The third-order valence-electron chi connectivity index (χ3n) is 3.58. The molecule has 0 saturated carbocycles. The van der Waals surface area contributed by atoms with Crippen LogP contribution in [0.15, 0.2) is 40.3 Å². The molecule has 9 heteroatoms. The highest BCUT2D eigenvalue weighted by Gasteiger charge is 2.27. The Morgan fingerprint density at radius 1 is 1.00 bits per heavy atom. The third kappa shape index (κ3) is 3.96. The average Bonchev–Trinajstić information content (AvgIpc) is 3.20. The number of anilines is 1. The normalized spacial score (nSPS) is 10.4. The zero-order chi connectivity index (χ0) is 20.1. The zero-order valence-electron chi connectivity index (χ0n) is 15.2. The maximum Gasteiger partial charge on any atom is 0.350 e. The van der Waals surface area contributed by atoms with Gasteiger partial charge in [-0.15, -0.1) is 22.7 Å². The molecule has 0 aliphatic carbocycles. The first-order valence-electron chi connectivity index (χ1n) is 8.47. The Kier molecular flexibility index (Phi) is 6.20. The van der Waals surface area contributed by atoms with Gasteiger partial charge in [-0.2, -0.15) is 9.98 Å². The van der Waals surface area contributed by atoms with Crippen LogP contribution in [0.25, 0.3) is 9.40 Å². The number of fused-ring (bicyclic) bond motifs is 1. The topological polar surface area (TPSA) is 103 Å². The third-order valence-corrected chi connectivity index (χ3v) is 6.01. The minimum Gasteiger partial charge on any atom is -0.462 e. The number of aliphatic imine (C=N–C) groups is 2. The summed E-state index contributed by atoms with van der Waals surface area (Å²) in [4.78, 5) is 33.4. The van der Waals surface area contributed by atoms with Gasteiger partial charge in [0.05, 0.1) is 34.0 Å². The van der Waals surface area contributed by atoms with Crippen LogP contribution in [0.1, 0.15) is 33.2 Å². The van der Waals surface area contributed by atoms with Crippen LogP contribution < -0.4 is 5.73 Å². The first-order chi connectivity index (χ1) is 13.6. The molecule has 0 bridgehead atoms. The number of thiophene rings is 2. The monoisotopic (exact) mass is 415 g/mol. The molecule has 0 fully saturated rings. The number of esters is 2. The van der Waals surface area contributed by atoms with Gasteiger partial charge in [-0.1, -0.05) is 18.2 Å². The summed E-state index contributed by atoms with van der Waals surface area (Å²) in [7, 11) is 0. The largest absolute Gasteiger partial charge is 0.462 e. The van der Waals surface area contributed by atoms with Crippen molar-refractivity contribution >= 4 is 67.1 Å². The maximum absolute atomic E-state index is 12.3. The Labute approximate surface area is 169 Å². The Morgan fingerprint density at radius 3 is 2.25 bits per heavy atom. The van der Waals surface area contributed by atoms with E-state index < -0.39 is 11.9 Å². The van der Waals surface area contributed by atoms with Crippen LogP contribution in [-0.2, 0) is 9.47 Å². The number of nitrogens with zero attached hydrogens (tertiary/aromatic N) is 2. The van der Waals surface area contributed by atoms with E-state index in [4.69, 9.17) is 15.2 Å². The van der Waals surface area contributed by atoms with E-state index in [-0.39, 0.29) is 23.8 Å². The van der Waals surface area contributed by atoms with Crippen molar-refractivity contribution in [3.63, 3.8) is 0 Å². The lowest BCUT2D eigenvalue weighted by Crippen LogP contribution is -2.05. The second-order valence-electron chi connectivity index (χ2n) is 5.39. The summed E-state index contributed by atoms with van der Waals surface area (Å²) >= 11 is 2.33. The molecule has 2 N–H and O–H groups in total. The summed E-state index contributed by atoms with van der Waals surface area (Å²) < 4.78 is 10.8. The highest BCUT2D eigenvalue weighted by atomic mass is 32.2. The van der Waals surface area contributed by atoms with E-state index >= 15 is 0 Å². The van der Waals surface area contributed by atoms with Gasteiger partial charge in [0.25, 0.3) is 0 Å². The number of carbonyl (C=O) groups excluding carboxylic acids is 2. The van der Waals surface area contributed by atoms with E-state index in [0.717, 1.165) is 0 Å². The van der Waals surface area contributed by atoms with E-state index in [1.165, 1.54) is 22.7 Å². The van der Waals surface area contributed by atoms with Crippen molar-refractivity contribution in [3.05, 3.63) is 40.1 Å². The summed E-state index contributed by atoms with van der Waals surface area (Å²) in [5.74, 6) is -1.01. The van der Waals surface area contributed by atoms with Gasteiger partial charge < -0.3 is 15.2 Å². The number of ether oxygens (including phenoxy) is 2. The van der Waals surface area contributed by atoms with Gasteiger partial charge in [0, 0.05) is 0 Å². The minimum atomic E-state index is -0.506. The predicted molar refractivity (Wildman–Crippen MR) is 112 cm³/mol. The number of benzene rings is 1. The number of nitrogen functional groups attached to an aromatic ring is 1. The molecule has 1 aromatic carbocycles. The number of hydrogen-bond donors (Lipinski definition) is 1. The van der Waals surface area contributed by atoms with Crippen molar-refractivity contribution in [1.29, 1.82) is 0 Å². The summed E-state index contributed by atoms with van der Waals surface area (Å²) in [5.41, 5.74) is 7.38. The number of rotatable bonds is 6. The van der Waals surface area contributed by atoms with E-state index in [1.807, 2.05) is 18.2 Å². The Bertz CT molecular complexity index is 1080. The Balaban J connectivity index is 2.12. The molecule has 0 amide bonds. The molecule has 7 nitrogen and oxygen atoms in total. The van der Waals surface area contributed by atoms with E-state index in [0.29, 0.717) is 25.7 Å². The van der Waals surface area contributed by atoms with Crippen molar-refractivity contribution < 1.29 is 19.1 Å². The fraction of sp³-hybridized carbons (Fsp3) is 0.211. The molecule has 0 radical (unpaired) electrons. The molecule has 0 spiro atoms. The fourth-order valence-electron chi connectivity index (χ4n) is 2.40. The Morgan fingerprint density at radius 2 is 1.61 bits per heavy atom. The van der Waals surface area contributed by atoms with Gasteiger partial charge in [-0.05, 0) is 26.0 Å². The van der Waals surface area contributed by atoms with Crippen LogP contribution in [0.2, 0.25) is 0 Å². The van der Waals surface area contributed by atoms with Crippen LogP contribution in [-0.4, -0.2) is 31.2 Å². The average molecular weight is 415 g/mol. The van der Waals surface area contributed by atoms with Gasteiger partial charge in [0.1, 0.15) is 21.5 Å². The van der Waals surface area contributed by atoms with Gasteiger partial charge in [0.15, 0.2) is 0 Å². The SMILES string of the molecule is CCOC(=O)c1sc2sc(C(=O)OCC)c(N=C=Nc3ccccc3)c2c1N. The second kappa shape index (κ2) is 8.79. The molecule has 2 aromatic heterocycles. The number of nitrogens with two attached hydrogens (primary N) is 1. The highest BCUT2D eigenvalue weighted by molar-refractivity contribution is 7.40. The molecule has 3 aromatic rings. The molecule has 28 heavy (non-hydrogen) atoms. The molecule has 0 aliphatic heterocycles. The van der Waals surface area contributed by atoms with Crippen LogP contribution >= 0.6 is 22.7 Å². The lowest BCUT2D eigenvalue weighted by Gasteiger charge is -2.01. The standard InChI is InChI=1S/C19H17N3O4S2/c1-3-25-17(23)15-13(20)12-14(22-10-21-11-8-6-5-7-9-11)16(18(24)26-4-2)28-19(12)27-15/h5-9H,3-4,20H2,1-2H3. The summed E-state index contributed by atoms with van der Waals surface area (Å²) in [6, 6.07) is 11.8. The molecule has 2 heterocycles. The fourth-order valence-corrected chi connectivity index (χ4v) is 4.79. The highest BCUT2D eigenvalue weighted by Crippen LogP contribution is 2.47. The van der Waals surface area contributed by atoms with Crippen LogP contribution in [0.3, 0.4) is 0 Å². The molecule has 0 atom stereocenters. The minimum absolute atomic E-state index is 0.227. The summed E-state index contributed by atoms with van der Waals surface area (Å²) in [6.45, 7) is 3.92. The molecule has 144 valence electrons. The van der Waals surface area contributed by atoms with Crippen LogP contribution in [0.4, 0.5) is 17.1 Å². The zero-order valence-corrected chi connectivity index (χ0v) is 16.9. The summed E-state index contributed by atoms with van der Waals surface area (Å²) in [5, 5.41) is 0.511. The summed E-state index contributed by atoms with van der Waals surface area (Å²) in [6.07, 6.45) is 0. The molecule has 3 rings (SSSR count). The maximum atomic E-state index is 12.3. The molecule has 0 saturated heterocycles. The van der Waals surface area contributed by atoms with E-state index in [1.54, 1.807) is 26.0 Å². The van der Waals surface area contributed by atoms with Crippen molar-refractivity contribution in [1.82, 2.24) is 0 Å². The lowest BCUT2D eigenvalue weighted by molar-refractivity contribution is 0.0524. The van der Waals surface area contributed by atoms with Crippen LogP contribution in [0.5, 0.6) is 0 Å². The van der Waals surface area contributed by atoms with Gasteiger partial charge in [-0.25, -0.2) is 9.59 Å². The first-order valence-corrected chi connectivity index (χ1v) is 10.1. The number of hydrogen-bond acceptors (Lipinski definition) is 9. The smallest absolute Gasteiger partial charge is 0.350 e. The van der Waals surface area contributed by atoms with Gasteiger partial charge >= 0.3 is 11.9 Å². The van der Waals surface area contributed by atoms with Crippen molar-refractivity contribution in [2.24, 2.45) is 9.98 Å². The molecular weight excluding hydrogens is 398 g/mol. The van der Waals surface area contributed by atoms with Crippen LogP contribution in [0, 0.1) is 0 Å². The van der Waals surface area contributed by atoms with Crippen molar-refractivity contribution in [3.8, 4) is 0 Å². The molecule has 0 aliphatic rings.